The molecule has 6 heteroatoms. The van der Waals surface area contributed by atoms with E-state index in [4.69, 9.17) is 0 Å². The van der Waals surface area contributed by atoms with Crippen LogP contribution < -0.4 is 0 Å². The number of aryl methyl sites for hydroxylation is 2. The summed E-state index contributed by atoms with van der Waals surface area (Å²) in [5, 5.41) is 5.34. The summed E-state index contributed by atoms with van der Waals surface area (Å²) in [6.07, 6.45) is 1.68. The predicted octanol–water partition coefficient (Wildman–Crippen LogP) is 3.36. The van der Waals surface area contributed by atoms with Crippen molar-refractivity contribution in [3.05, 3.63) is 58.9 Å². The minimum Gasteiger partial charge on any atom is -0.336 e. The Hall–Kier alpha value is -2.73. The SMILES string of the molecule is Cc1nn(C)c2ncc(C(=O)N3CCN(Cc4ccc(C(C)C)cc4)CC3)cc12. The van der Waals surface area contributed by atoms with E-state index in [2.05, 4.69) is 53.1 Å². The van der Waals surface area contributed by atoms with Crippen molar-refractivity contribution in [3.63, 3.8) is 0 Å². The summed E-state index contributed by atoms with van der Waals surface area (Å²) in [6.45, 7) is 10.6. The number of carbonyl (C=O) groups excluding carboxylic acids is 1. The van der Waals surface area contributed by atoms with Crippen molar-refractivity contribution in [2.45, 2.75) is 33.2 Å². The van der Waals surface area contributed by atoms with Crippen LogP contribution in [0.2, 0.25) is 0 Å². The van der Waals surface area contributed by atoms with Gasteiger partial charge in [-0.2, -0.15) is 5.10 Å². The van der Waals surface area contributed by atoms with Gasteiger partial charge >= 0.3 is 0 Å². The lowest BCUT2D eigenvalue weighted by Crippen LogP contribution is -2.48. The second-order valence-corrected chi connectivity index (χ2v) is 8.27. The first kappa shape index (κ1) is 19.6. The number of carbonyl (C=O) groups is 1. The Labute approximate surface area is 172 Å². The number of amides is 1. The van der Waals surface area contributed by atoms with Gasteiger partial charge in [0.25, 0.3) is 5.91 Å². The Morgan fingerprint density at radius 3 is 2.45 bits per heavy atom. The zero-order valence-electron chi connectivity index (χ0n) is 17.7. The third kappa shape index (κ3) is 4.03. The van der Waals surface area contributed by atoms with Gasteiger partial charge in [0.15, 0.2) is 5.65 Å². The molecule has 1 aliphatic rings. The van der Waals surface area contributed by atoms with Gasteiger partial charge in [-0.1, -0.05) is 38.1 Å². The molecule has 3 aromatic rings. The lowest BCUT2D eigenvalue weighted by molar-refractivity contribution is 0.0628. The third-order valence-corrected chi connectivity index (χ3v) is 5.82. The first-order valence-electron chi connectivity index (χ1n) is 10.3. The highest BCUT2D eigenvalue weighted by atomic mass is 16.2. The molecule has 3 heterocycles. The van der Waals surface area contributed by atoms with E-state index in [0.29, 0.717) is 11.5 Å². The van der Waals surface area contributed by atoms with E-state index >= 15 is 0 Å². The fraction of sp³-hybridized carbons (Fsp3) is 0.435. The van der Waals surface area contributed by atoms with Crippen molar-refractivity contribution in [1.82, 2.24) is 24.6 Å². The molecule has 1 fully saturated rings. The van der Waals surface area contributed by atoms with Gasteiger partial charge in [-0.25, -0.2) is 4.98 Å². The molecule has 0 atom stereocenters. The molecule has 0 saturated carbocycles. The molecule has 0 N–H and O–H groups in total. The molecule has 0 unspecified atom stereocenters. The Kier molecular flexibility index (Phi) is 5.37. The van der Waals surface area contributed by atoms with Crippen molar-refractivity contribution in [2.24, 2.45) is 7.05 Å². The molecule has 0 aliphatic carbocycles. The lowest BCUT2D eigenvalue weighted by Gasteiger charge is -2.34. The van der Waals surface area contributed by atoms with Gasteiger partial charge in [0.1, 0.15) is 0 Å². The smallest absolute Gasteiger partial charge is 0.255 e. The van der Waals surface area contributed by atoms with E-state index in [-0.39, 0.29) is 5.91 Å². The Bertz CT molecular complexity index is 1010. The van der Waals surface area contributed by atoms with E-state index < -0.39 is 0 Å². The molecule has 0 spiro atoms. The third-order valence-electron chi connectivity index (χ3n) is 5.82. The summed E-state index contributed by atoms with van der Waals surface area (Å²) >= 11 is 0. The minimum absolute atomic E-state index is 0.0589. The van der Waals surface area contributed by atoms with Gasteiger partial charge < -0.3 is 4.90 Å². The number of hydrogen-bond acceptors (Lipinski definition) is 4. The van der Waals surface area contributed by atoms with Crippen LogP contribution in [0, 0.1) is 6.92 Å². The summed E-state index contributed by atoms with van der Waals surface area (Å²) in [5.41, 5.74) is 5.06. The van der Waals surface area contributed by atoms with E-state index in [1.807, 2.05) is 24.9 Å². The molecular formula is C23H29N5O. The Balaban J connectivity index is 1.37. The summed E-state index contributed by atoms with van der Waals surface area (Å²) in [6, 6.07) is 10.8. The number of benzene rings is 1. The molecule has 0 radical (unpaired) electrons. The van der Waals surface area contributed by atoms with Crippen LogP contribution in [-0.4, -0.2) is 56.7 Å². The molecule has 1 saturated heterocycles. The molecule has 6 nitrogen and oxygen atoms in total. The monoisotopic (exact) mass is 391 g/mol. The van der Waals surface area contributed by atoms with Crippen molar-refractivity contribution < 1.29 is 4.79 Å². The maximum Gasteiger partial charge on any atom is 0.255 e. The van der Waals surface area contributed by atoms with Gasteiger partial charge in [-0.15, -0.1) is 0 Å². The fourth-order valence-electron chi connectivity index (χ4n) is 3.98. The number of nitrogens with zero attached hydrogens (tertiary/aromatic N) is 5. The van der Waals surface area contributed by atoms with E-state index in [9.17, 15) is 4.79 Å². The molecule has 4 rings (SSSR count). The van der Waals surface area contributed by atoms with Gasteiger partial charge in [0.05, 0.1) is 11.3 Å². The van der Waals surface area contributed by atoms with Gasteiger partial charge in [0.2, 0.25) is 0 Å². The minimum atomic E-state index is 0.0589. The van der Waals surface area contributed by atoms with E-state index in [1.54, 1.807) is 10.9 Å². The normalized spacial score (nSPS) is 15.4. The molecule has 2 aromatic heterocycles. The molecule has 0 bridgehead atoms. The molecule has 29 heavy (non-hydrogen) atoms. The number of pyridine rings is 1. The van der Waals surface area contributed by atoms with Crippen LogP contribution >= 0.6 is 0 Å². The molecule has 1 aliphatic heterocycles. The van der Waals surface area contributed by atoms with Crippen LogP contribution in [0.1, 0.15) is 46.9 Å². The fourth-order valence-corrected chi connectivity index (χ4v) is 3.98. The second kappa shape index (κ2) is 7.95. The number of fused-ring (bicyclic) bond motifs is 1. The van der Waals surface area contributed by atoms with Gasteiger partial charge in [0, 0.05) is 51.4 Å². The quantitative estimate of drug-likeness (QED) is 0.684. The maximum absolute atomic E-state index is 13.0. The second-order valence-electron chi connectivity index (χ2n) is 8.27. The van der Waals surface area contributed by atoms with Crippen molar-refractivity contribution in [1.29, 1.82) is 0 Å². The molecule has 152 valence electrons. The summed E-state index contributed by atoms with van der Waals surface area (Å²) in [4.78, 5) is 21.8. The highest BCUT2D eigenvalue weighted by Crippen LogP contribution is 2.19. The number of hydrogen-bond donors (Lipinski definition) is 0. The van der Waals surface area contributed by atoms with E-state index in [0.717, 1.165) is 49.5 Å². The van der Waals surface area contributed by atoms with Crippen LogP contribution in [-0.2, 0) is 13.6 Å². The van der Waals surface area contributed by atoms with Crippen molar-refractivity contribution in [3.8, 4) is 0 Å². The maximum atomic E-state index is 13.0. The van der Waals surface area contributed by atoms with Crippen molar-refractivity contribution >= 4 is 16.9 Å². The van der Waals surface area contributed by atoms with Gasteiger partial charge in [-0.05, 0) is 30.0 Å². The number of piperazine rings is 1. The van der Waals surface area contributed by atoms with Crippen molar-refractivity contribution in [2.75, 3.05) is 26.2 Å². The number of rotatable bonds is 4. The molecule has 1 amide bonds. The summed E-state index contributed by atoms with van der Waals surface area (Å²) in [7, 11) is 1.87. The van der Waals surface area contributed by atoms with Crippen LogP contribution in [0.25, 0.3) is 11.0 Å². The van der Waals surface area contributed by atoms with E-state index in [1.165, 1.54) is 11.1 Å². The average Bonchev–Trinajstić information content (AvgIpc) is 3.01. The zero-order chi connectivity index (χ0) is 20.5. The lowest BCUT2D eigenvalue weighted by atomic mass is 10.0. The van der Waals surface area contributed by atoms with Crippen LogP contribution in [0.15, 0.2) is 36.5 Å². The molecule has 1 aromatic carbocycles. The molecular weight excluding hydrogens is 362 g/mol. The highest BCUT2D eigenvalue weighted by Gasteiger charge is 2.23. The standard InChI is InChI=1S/C23H29N5O/c1-16(2)19-7-5-18(6-8-19)15-27-9-11-28(12-10-27)23(29)20-13-21-17(3)25-26(4)22(21)24-14-20/h5-8,13-14,16H,9-12,15H2,1-4H3. The van der Waals surface area contributed by atoms with Gasteiger partial charge in [-0.3, -0.25) is 14.4 Å². The van der Waals surface area contributed by atoms with Crippen LogP contribution in [0.3, 0.4) is 0 Å². The highest BCUT2D eigenvalue weighted by molar-refractivity contribution is 5.97. The summed E-state index contributed by atoms with van der Waals surface area (Å²) < 4.78 is 1.76. The zero-order valence-corrected chi connectivity index (χ0v) is 17.7. The predicted molar refractivity (Wildman–Crippen MR) is 115 cm³/mol. The van der Waals surface area contributed by atoms with Crippen LogP contribution in [0.5, 0.6) is 0 Å². The first-order chi connectivity index (χ1) is 13.9. The topological polar surface area (TPSA) is 54.3 Å². The summed E-state index contributed by atoms with van der Waals surface area (Å²) in [5.74, 6) is 0.617. The Morgan fingerprint density at radius 1 is 1.10 bits per heavy atom. The van der Waals surface area contributed by atoms with Crippen LogP contribution in [0.4, 0.5) is 0 Å². The Morgan fingerprint density at radius 2 is 1.79 bits per heavy atom. The number of aromatic nitrogens is 3. The largest absolute Gasteiger partial charge is 0.336 e. The first-order valence-corrected chi connectivity index (χ1v) is 10.3. The average molecular weight is 392 g/mol.